The van der Waals surface area contributed by atoms with E-state index in [0.717, 1.165) is 23.8 Å². The fourth-order valence-corrected chi connectivity index (χ4v) is 9.40. The number of hydrogen-bond donors (Lipinski definition) is 0. The molecule has 2 bridgehead atoms. The van der Waals surface area contributed by atoms with Gasteiger partial charge in [-0.25, -0.2) is 15.0 Å². The summed E-state index contributed by atoms with van der Waals surface area (Å²) in [4.78, 5) is 16.6. The van der Waals surface area contributed by atoms with Crippen LogP contribution in [0.2, 0.25) is 0 Å². The molecule has 210 valence electrons. The first-order valence-corrected chi connectivity index (χ1v) is 15.2. The van der Waals surface area contributed by atoms with E-state index in [9.17, 15) is 0 Å². The molecule has 0 N–H and O–H groups in total. The number of rotatable bonds is 2. The molecule has 6 aliphatic rings. The monoisotopic (exact) mass is 561 g/mol. The lowest BCUT2D eigenvalue weighted by molar-refractivity contribution is 0.139. The molecule has 0 saturated carbocycles. The van der Waals surface area contributed by atoms with Crippen molar-refractivity contribution in [1.29, 1.82) is 0 Å². The smallest absolute Gasteiger partial charge is 0.158 e. The molecule has 0 saturated heterocycles. The summed E-state index contributed by atoms with van der Waals surface area (Å²) in [5, 5.41) is 7.80. The molecule has 2 aliphatic carbocycles. The van der Waals surface area contributed by atoms with Gasteiger partial charge in [0.2, 0.25) is 0 Å². The van der Waals surface area contributed by atoms with Gasteiger partial charge in [-0.3, -0.25) is 0 Å². The maximum Gasteiger partial charge on any atom is 0.158 e. The summed E-state index contributed by atoms with van der Waals surface area (Å²) in [5.41, 5.74) is 12.5. The van der Waals surface area contributed by atoms with Gasteiger partial charge >= 0.3 is 0 Å². The zero-order chi connectivity index (χ0) is 28.8. The molecule has 1 spiro atoms. The Morgan fingerprint density at radius 3 is 2.60 bits per heavy atom. The molecule has 4 unspecified atom stereocenters. The van der Waals surface area contributed by atoms with Crippen LogP contribution in [0.4, 0.5) is 28.6 Å². The summed E-state index contributed by atoms with van der Waals surface area (Å²) in [6, 6.07) is 26.9. The van der Waals surface area contributed by atoms with E-state index in [1.54, 1.807) is 6.33 Å². The number of hydrazone groups is 1. The molecular weight excluding hydrogens is 530 g/mol. The minimum absolute atomic E-state index is 0.000810. The molecule has 0 amide bonds. The van der Waals surface area contributed by atoms with E-state index < -0.39 is 0 Å². The fraction of sp³-hybridized carbons (Fsp3) is 0.250. The molecule has 10 rings (SSSR count). The standard InChI is InChI=1S/C36H31N7/c1-5-21(2)31-39-43-27-16-15-22-17-25(27)36(18-22)29-24-13-9-10-14-26(24)42-28-19-37-20-38-32(28)40(4)33(42)30(29)35(36,3)34(43)41(31)23-11-7-6-8-12-23/h5-17,19-20,33-34H,18H2,1-4H3/b21-5+. The third kappa shape index (κ3) is 2.39. The molecule has 43 heavy (non-hydrogen) atoms. The van der Waals surface area contributed by atoms with Crippen LogP contribution in [0.15, 0.2) is 108 Å². The van der Waals surface area contributed by atoms with Crippen molar-refractivity contribution < 1.29 is 0 Å². The van der Waals surface area contributed by atoms with Crippen molar-refractivity contribution in [3.8, 4) is 0 Å². The van der Waals surface area contributed by atoms with Crippen LogP contribution in [-0.4, -0.2) is 35.2 Å². The molecule has 1 aromatic heterocycles. The van der Waals surface area contributed by atoms with Crippen LogP contribution in [0.3, 0.4) is 0 Å². The van der Waals surface area contributed by atoms with E-state index in [-0.39, 0.29) is 23.2 Å². The highest BCUT2D eigenvalue weighted by Crippen LogP contribution is 2.78. The minimum Gasteiger partial charge on any atom is -0.333 e. The number of hydrogen-bond acceptors (Lipinski definition) is 7. The van der Waals surface area contributed by atoms with Crippen molar-refractivity contribution in [3.05, 3.63) is 119 Å². The highest BCUT2D eigenvalue weighted by Gasteiger charge is 2.76. The number of para-hydroxylation sites is 2. The summed E-state index contributed by atoms with van der Waals surface area (Å²) in [6.07, 6.45) is 6.79. The number of aromatic nitrogens is 2. The molecule has 5 heterocycles. The lowest BCUT2D eigenvalue weighted by Gasteiger charge is -2.69. The Labute approximate surface area is 251 Å². The molecular formula is C36H31N7. The van der Waals surface area contributed by atoms with E-state index in [1.807, 2.05) is 6.20 Å². The zero-order valence-electron chi connectivity index (χ0n) is 24.7. The van der Waals surface area contributed by atoms with Crippen molar-refractivity contribution in [3.63, 3.8) is 0 Å². The summed E-state index contributed by atoms with van der Waals surface area (Å²) in [7, 11) is 2.19. The molecule has 0 radical (unpaired) electrons. The maximum absolute atomic E-state index is 5.46. The Morgan fingerprint density at radius 2 is 1.77 bits per heavy atom. The number of nitrogens with zero attached hydrogens (tertiary/aromatic N) is 7. The van der Waals surface area contributed by atoms with Gasteiger partial charge < -0.3 is 14.7 Å². The molecule has 4 aromatic rings. The van der Waals surface area contributed by atoms with Gasteiger partial charge in [0, 0.05) is 29.1 Å². The Hall–Kier alpha value is -4.91. The van der Waals surface area contributed by atoms with E-state index >= 15 is 0 Å². The van der Waals surface area contributed by atoms with Crippen LogP contribution in [0.25, 0.3) is 5.57 Å². The highest BCUT2D eigenvalue weighted by molar-refractivity contribution is 6.14. The van der Waals surface area contributed by atoms with Gasteiger partial charge in [0.25, 0.3) is 0 Å². The van der Waals surface area contributed by atoms with E-state index in [2.05, 4.69) is 131 Å². The van der Waals surface area contributed by atoms with Crippen molar-refractivity contribution in [2.75, 3.05) is 26.8 Å². The van der Waals surface area contributed by atoms with Crippen molar-refractivity contribution in [2.45, 2.75) is 44.9 Å². The third-order valence-corrected chi connectivity index (χ3v) is 11.2. The van der Waals surface area contributed by atoms with Gasteiger partial charge in [-0.1, -0.05) is 61.5 Å². The number of fused-ring (bicyclic) bond motifs is 12. The summed E-state index contributed by atoms with van der Waals surface area (Å²) < 4.78 is 0. The maximum atomic E-state index is 5.46. The average molecular weight is 562 g/mol. The van der Waals surface area contributed by atoms with E-state index in [1.165, 1.54) is 50.5 Å². The second-order valence-electron chi connectivity index (χ2n) is 12.8. The van der Waals surface area contributed by atoms with Crippen molar-refractivity contribution >= 4 is 40.0 Å². The van der Waals surface area contributed by atoms with Crippen LogP contribution in [0.1, 0.15) is 37.5 Å². The Morgan fingerprint density at radius 1 is 0.953 bits per heavy atom. The molecule has 7 heteroatoms. The predicted octanol–water partition coefficient (Wildman–Crippen LogP) is 6.62. The van der Waals surface area contributed by atoms with Crippen LogP contribution in [0, 0.1) is 5.41 Å². The van der Waals surface area contributed by atoms with Gasteiger partial charge in [-0.2, -0.15) is 5.10 Å². The second kappa shape index (κ2) is 7.53. The van der Waals surface area contributed by atoms with Crippen LogP contribution >= 0.6 is 0 Å². The van der Waals surface area contributed by atoms with Crippen molar-refractivity contribution in [2.24, 2.45) is 10.5 Å². The van der Waals surface area contributed by atoms with Crippen molar-refractivity contribution in [1.82, 2.24) is 9.97 Å². The Kier molecular flexibility index (Phi) is 4.14. The first kappa shape index (κ1) is 23.6. The van der Waals surface area contributed by atoms with Crippen LogP contribution in [0.5, 0.6) is 0 Å². The number of anilines is 5. The lowest BCUT2D eigenvalue weighted by atomic mass is 9.40. The summed E-state index contributed by atoms with van der Waals surface area (Å²) in [6.45, 7) is 6.82. The molecule has 4 aliphatic heterocycles. The van der Waals surface area contributed by atoms with Crippen LogP contribution in [-0.2, 0) is 11.8 Å². The Balaban J connectivity index is 1.31. The second-order valence-corrected chi connectivity index (χ2v) is 12.8. The highest BCUT2D eigenvalue weighted by atomic mass is 15.6. The minimum atomic E-state index is -0.277. The van der Waals surface area contributed by atoms with Gasteiger partial charge in [-0.05, 0) is 72.4 Å². The normalized spacial score (nSPS) is 28.6. The summed E-state index contributed by atoms with van der Waals surface area (Å²) >= 11 is 0. The average Bonchev–Trinajstić information content (AvgIpc) is 3.70. The summed E-state index contributed by atoms with van der Waals surface area (Å²) in [5.74, 6) is 1.99. The largest absolute Gasteiger partial charge is 0.333 e. The number of allylic oxidation sites excluding steroid dienone is 2. The lowest BCUT2D eigenvalue weighted by Crippen LogP contribution is -2.73. The van der Waals surface area contributed by atoms with Crippen LogP contribution < -0.4 is 19.7 Å². The van der Waals surface area contributed by atoms with Gasteiger partial charge in [0.1, 0.15) is 24.3 Å². The molecule has 3 aromatic carbocycles. The predicted molar refractivity (Wildman–Crippen MR) is 172 cm³/mol. The number of benzene rings is 3. The SMILES string of the molecule is C/C=C(\C)C1=NN2c3ccc4cc3C3(C4)C4=C(C5N(C)c6ncncc6N5c5ccccc54)C3(C)C2N1c1ccccc1. The van der Waals surface area contributed by atoms with Gasteiger partial charge in [0.15, 0.2) is 11.7 Å². The first-order chi connectivity index (χ1) is 21.0. The van der Waals surface area contributed by atoms with E-state index in [4.69, 9.17) is 10.1 Å². The third-order valence-electron chi connectivity index (χ3n) is 11.2. The van der Waals surface area contributed by atoms with Gasteiger partial charge in [-0.15, -0.1) is 0 Å². The van der Waals surface area contributed by atoms with Gasteiger partial charge in [0.05, 0.1) is 17.6 Å². The first-order valence-electron chi connectivity index (χ1n) is 15.2. The molecule has 7 nitrogen and oxygen atoms in total. The molecule has 4 atom stereocenters. The van der Waals surface area contributed by atoms with E-state index in [0.29, 0.717) is 0 Å². The quantitative estimate of drug-likeness (QED) is 0.274. The zero-order valence-corrected chi connectivity index (χ0v) is 24.7. The molecule has 0 fully saturated rings. The topological polar surface area (TPSA) is 51.1 Å². The fourth-order valence-electron chi connectivity index (χ4n) is 9.40. The Bertz CT molecular complexity index is 2010. The number of amidine groups is 1. The number of likely N-dealkylation sites (N-methyl/N-ethyl adjacent to an activating group) is 1.